The second-order valence-corrected chi connectivity index (χ2v) is 9.17. The van der Waals surface area contributed by atoms with Gasteiger partial charge in [0.05, 0.1) is 6.04 Å². The van der Waals surface area contributed by atoms with Crippen LogP contribution >= 0.6 is 12.4 Å². The van der Waals surface area contributed by atoms with Crippen molar-refractivity contribution < 1.29 is 9.53 Å². The normalized spacial score (nSPS) is 12.4. The van der Waals surface area contributed by atoms with E-state index in [1.54, 1.807) is 0 Å². The number of carbonyl (C=O) groups excluding carboxylic acids is 1. The molecule has 0 radical (unpaired) electrons. The maximum absolute atomic E-state index is 12.3. The minimum absolute atomic E-state index is 0. The number of amides is 1. The van der Waals surface area contributed by atoms with Crippen molar-refractivity contribution in [2.45, 2.75) is 52.0 Å². The van der Waals surface area contributed by atoms with E-state index in [1.807, 2.05) is 38.4 Å². The molecule has 5 heteroatoms. The van der Waals surface area contributed by atoms with Gasteiger partial charge in [-0.2, -0.15) is 0 Å². The Balaban J connectivity index is 0.00000450. The highest BCUT2D eigenvalue weighted by atomic mass is 35.5. The Morgan fingerprint density at radius 1 is 0.967 bits per heavy atom. The molecule has 0 heterocycles. The van der Waals surface area contributed by atoms with Crippen LogP contribution in [0.25, 0.3) is 0 Å². The number of ether oxygens (including phenoxy) is 1. The van der Waals surface area contributed by atoms with Crippen molar-refractivity contribution in [3.63, 3.8) is 0 Å². The number of benzene rings is 2. The predicted octanol–water partition coefficient (Wildman–Crippen LogP) is 5.33. The summed E-state index contributed by atoms with van der Waals surface area (Å²) in [5, 5.41) is 3.00. The van der Waals surface area contributed by atoms with E-state index < -0.39 is 0 Å². The molecule has 166 valence electrons. The lowest BCUT2D eigenvalue weighted by atomic mass is 9.86. The van der Waals surface area contributed by atoms with Gasteiger partial charge in [-0.3, -0.25) is 4.79 Å². The molecule has 1 N–H and O–H groups in total. The maximum Gasteiger partial charge on any atom is 0.258 e. The third kappa shape index (κ3) is 7.66. The Bertz CT molecular complexity index is 778. The van der Waals surface area contributed by atoms with Crippen LogP contribution in [0, 0.1) is 0 Å². The van der Waals surface area contributed by atoms with Crippen molar-refractivity contribution in [3.05, 3.63) is 65.2 Å². The monoisotopic (exact) mass is 432 g/mol. The minimum atomic E-state index is -0.115. The standard InChI is InChI=1S/C25H36N2O2.ClH/c1-18(2)19-10-14-22(15-11-19)29-17-24(28)26-16-23(27(6)7)20-8-12-21(13-9-20)25(3,4)5;/h8-15,18,23H,16-17H2,1-7H3,(H,26,28);1H. The van der Waals surface area contributed by atoms with Crippen LogP contribution in [0.1, 0.15) is 63.3 Å². The molecular formula is C25H37ClN2O2. The van der Waals surface area contributed by atoms with Crippen LogP contribution in [0.3, 0.4) is 0 Å². The lowest BCUT2D eigenvalue weighted by molar-refractivity contribution is -0.123. The number of hydrogen-bond donors (Lipinski definition) is 1. The van der Waals surface area contributed by atoms with E-state index in [-0.39, 0.29) is 36.4 Å². The molecule has 0 aliphatic rings. The van der Waals surface area contributed by atoms with Gasteiger partial charge in [0.1, 0.15) is 5.75 Å². The fourth-order valence-electron chi connectivity index (χ4n) is 3.16. The number of likely N-dealkylation sites (N-methyl/N-ethyl adjacent to an activating group) is 1. The molecule has 0 bridgehead atoms. The molecule has 4 nitrogen and oxygen atoms in total. The highest BCUT2D eigenvalue weighted by molar-refractivity contribution is 5.85. The third-order valence-electron chi connectivity index (χ3n) is 5.19. The van der Waals surface area contributed by atoms with E-state index in [1.165, 1.54) is 16.7 Å². The van der Waals surface area contributed by atoms with E-state index in [9.17, 15) is 4.79 Å². The molecule has 0 saturated heterocycles. The summed E-state index contributed by atoms with van der Waals surface area (Å²) < 4.78 is 5.63. The topological polar surface area (TPSA) is 41.6 Å². The summed E-state index contributed by atoms with van der Waals surface area (Å²) in [5.41, 5.74) is 3.88. The fourth-order valence-corrected chi connectivity index (χ4v) is 3.16. The van der Waals surface area contributed by atoms with Crippen molar-refractivity contribution in [1.82, 2.24) is 10.2 Å². The Morgan fingerprint density at radius 3 is 1.97 bits per heavy atom. The van der Waals surface area contributed by atoms with Gasteiger partial charge < -0.3 is 15.0 Å². The average molecular weight is 433 g/mol. The van der Waals surface area contributed by atoms with Crippen molar-refractivity contribution in [2.24, 2.45) is 0 Å². The van der Waals surface area contributed by atoms with Gasteiger partial charge >= 0.3 is 0 Å². The summed E-state index contributed by atoms with van der Waals surface area (Å²) in [4.78, 5) is 14.4. The molecule has 2 aromatic rings. The van der Waals surface area contributed by atoms with Crippen molar-refractivity contribution in [3.8, 4) is 5.75 Å². The largest absolute Gasteiger partial charge is 0.484 e. The minimum Gasteiger partial charge on any atom is -0.484 e. The number of nitrogens with zero attached hydrogens (tertiary/aromatic N) is 1. The smallest absolute Gasteiger partial charge is 0.258 e. The lowest BCUT2D eigenvalue weighted by Crippen LogP contribution is -2.36. The van der Waals surface area contributed by atoms with Gasteiger partial charge in [0.2, 0.25) is 0 Å². The van der Waals surface area contributed by atoms with Gasteiger partial charge in [-0.25, -0.2) is 0 Å². The lowest BCUT2D eigenvalue weighted by Gasteiger charge is -2.26. The molecule has 0 aromatic heterocycles. The van der Waals surface area contributed by atoms with Crippen molar-refractivity contribution >= 4 is 18.3 Å². The molecule has 1 unspecified atom stereocenters. The van der Waals surface area contributed by atoms with Gasteiger partial charge in [0.25, 0.3) is 5.91 Å². The second-order valence-electron chi connectivity index (χ2n) is 9.17. The Labute approximate surface area is 188 Å². The molecule has 1 amide bonds. The number of rotatable bonds is 8. The summed E-state index contributed by atoms with van der Waals surface area (Å²) in [6.07, 6.45) is 0. The van der Waals surface area contributed by atoms with E-state index in [2.05, 4.69) is 69.1 Å². The van der Waals surface area contributed by atoms with Crippen molar-refractivity contribution in [1.29, 1.82) is 0 Å². The number of hydrogen-bond acceptors (Lipinski definition) is 3. The average Bonchev–Trinajstić information content (AvgIpc) is 2.66. The van der Waals surface area contributed by atoms with Crippen LogP contribution in [-0.4, -0.2) is 38.1 Å². The Kier molecular flexibility index (Phi) is 9.86. The van der Waals surface area contributed by atoms with Gasteiger partial charge in [0, 0.05) is 6.54 Å². The SMILES string of the molecule is CC(C)c1ccc(OCC(=O)NCC(c2ccc(C(C)(C)C)cc2)N(C)C)cc1.Cl. The zero-order valence-corrected chi connectivity index (χ0v) is 20.2. The van der Waals surface area contributed by atoms with E-state index in [4.69, 9.17) is 4.74 Å². The van der Waals surface area contributed by atoms with Gasteiger partial charge in [-0.15, -0.1) is 12.4 Å². The van der Waals surface area contributed by atoms with E-state index in [0.717, 1.165) is 0 Å². The first-order valence-electron chi connectivity index (χ1n) is 10.3. The summed E-state index contributed by atoms with van der Waals surface area (Å²) >= 11 is 0. The molecule has 0 saturated carbocycles. The first-order valence-corrected chi connectivity index (χ1v) is 10.3. The molecule has 0 aliphatic carbocycles. The Hall–Kier alpha value is -2.04. The molecule has 1 atom stereocenters. The van der Waals surface area contributed by atoms with Gasteiger partial charge in [-0.1, -0.05) is 71.0 Å². The second kappa shape index (κ2) is 11.4. The molecule has 2 aromatic carbocycles. The van der Waals surface area contributed by atoms with Crippen molar-refractivity contribution in [2.75, 3.05) is 27.2 Å². The van der Waals surface area contributed by atoms with Crippen LogP contribution < -0.4 is 10.1 Å². The van der Waals surface area contributed by atoms with Crippen LogP contribution in [0.2, 0.25) is 0 Å². The maximum atomic E-state index is 12.3. The summed E-state index contributed by atoms with van der Waals surface area (Å²) in [5.74, 6) is 1.08. The zero-order valence-electron chi connectivity index (χ0n) is 19.4. The summed E-state index contributed by atoms with van der Waals surface area (Å²) in [6, 6.07) is 16.7. The highest BCUT2D eigenvalue weighted by Gasteiger charge is 2.18. The highest BCUT2D eigenvalue weighted by Crippen LogP contribution is 2.25. The van der Waals surface area contributed by atoms with E-state index >= 15 is 0 Å². The first-order chi connectivity index (χ1) is 13.6. The molecule has 30 heavy (non-hydrogen) atoms. The number of nitrogens with one attached hydrogen (secondary N) is 1. The van der Waals surface area contributed by atoms with Gasteiger partial charge in [0.15, 0.2) is 6.61 Å². The quantitative estimate of drug-likeness (QED) is 0.613. The molecule has 2 rings (SSSR count). The predicted molar refractivity (Wildman–Crippen MR) is 128 cm³/mol. The van der Waals surface area contributed by atoms with Crippen LogP contribution in [0.15, 0.2) is 48.5 Å². The number of halogens is 1. The Morgan fingerprint density at radius 2 is 1.50 bits per heavy atom. The molecule has 0 aliphatic heterocycles. The van der Waals surface area contributed by atoms with E-state index in [0.29, 0.717) is 18.2 Å². The molecule has 0 fully saturated rings. The van der Waals surface area contributed by atoms with Crippen LogP contribution in [0.5, 0.6) is 5.75 Å². The molecular weight excluding hydrogens is 396 g/mol. The fraction of sp³-hybridized carbons (Fsp3) is 0.480. The first kappa shape index (κ1) is 26.0. The van der Waals surface area contributed by atoms with Crippen LogP contribution in [-0.2, 0) is 10.2 Å². The third-order valence-corrected chi connectivity index (χ3v) is 5.19. The summed E-state index contributed by atoms with van der Waals surface area (Å²) in [6.45, 7) is 11.5. The number of carbonyl (C=O) groups is 1. The molecule has 0 spiro atoms. The zero-order chi connectivity index (χ0) is 21.6. The van der Waals surface area contributed by atoms with Crippen LogP contribution in [0.4, 0.5) is 0 Å². The van der Waals surface area contributed by atoms with Gasteiger partial charge in [-0.05, 0) is 54.3 Å². The summed E-state index contributed by atoms with van der Waals surface area (Å²) in [7, 11) is 4.06.